The molecule has 0 rings (SSSR count). The minimum atomic E-state index is -3.97. The molecule has 178 valence electrons. The molecule has 0 aliphatic carbocycles. The van der Waals surface area contributed by atoms with Gasteiger partial charge in [0.15, 0.2) is 0 Å². The van der Waals surface area contributed by atoms with Gasteiger partial charge in [-0.2, -0.15) is 0 Å². The van der Waals surface area contributed by atoms with Gasteiger partial charge < -0.3 is 9.04 Å². The molecule has 0 aliphatic rings. The van der Waals surface area contributed by atoms with E-state index in [1.54, 1.807) is 0 Å². The minimum Gasteiger partial charge on any atom is -0.748 e. The maximum Gasteiger partial charge on any atom is 0.0945 e. The van der Waals surface area contributed by atoms with Gasteiger partial charge in [0.1, 0.15) is 0 Å². The summed E-state index contributed by atoms with van der Waals surface area (Å²) in [5.41, 5.74) is 0. The molecule has 0 radical (unpaired) electrons. The maximum absolute atomic E-state index is 10.2. The number of hydrogen-bond donors (Lipinski definition) is 0. The lowest BCUT2D eigenvalue weighted by Crippen LogP contribution is -2.50. The molecule has 0 fully saturated rings. The normalized spacial score (nSPS) is 11.9. The van der Waals surface area contributed by atoms with Crippen LogP contribution in [0.1, 0.15) is 125 Å². The fraction of sp³-hybridized carbons (Fsp3) is 1.00. The smallest absolute Gasteiger partial charge is 0.0945 e. The van der Waals surface area contributed by atoms with Crippen molar-refractivity contribution in [2.24, 2.45) is 0 Å². The molecule has 0 aromatic rings. The van der Waals surface area contributed by atoms with Crippen molar-refractivity contribution in [2.45, 2.75) is 125 Å². The molecular formula is C24H53NO3S. The van der Waals surface area contributed by atoms with Crippen molar-refractivity contribution < 1.29 is 17.5 Å². The Balaban J connectivity index is 0. The summed E-state index contributed by atoms with van der Waals surface area (Å²) in [7, 11) is -3.97. The van der Waals surface area contributed by atoms with E-state index in [0.29, 0.717) is 6.42 Å². The summed E-state index contributed by atoms with van der Waals surface area (Å²) in [6, 6.07) is 0. The van der Waals surface area contributed by atoms with Gasteiger partial charge in [-0.3, -0.25) is 0 Å². The molecule has 0 N–H and O–H groups in total. The van der Waals surface area contributed by atoms with Gasteiger partial charge in [0.25, 0.3) is 0 Å². The first-order valence-electron chi connectivity index (χ1n) is 12.6. The Kier molecular flexibility index (Phi) is 22.6. The van der Waals surface area contributed by atoms with Gasteiger partial charge in [0.2, 0.25) is 0 Å². The molecular weight excluding hydrogens is 382 g/mol. The highest BCUT2D eigenvalue weighted by molar-refractivity contribution is 7.85. The average Bonchev–Trinajstić information content (AvgIpc) is 2.69. The zero-order valence-electron chi connectivity index (χ0n) is 20.5. The van der Waals surface area contributed by atoms with E-state index in [1.165, 1.54) is 94.9 Å². The lowest BCUT2D eigenvalue weighted by Gasteiger charge is -2.39. The van der Waals surface area contributed by atoms with Crippen LogP contribution in [0.25, 0.3) is 0 Å². The van der Waals surface area contributed by atoms with Crippen LogP contribution >= 0.6 is 0 Å². The monoisotopic (exact) mass is 435 g/mol. The van der Waals surface area contributed by atoms with Crippen LogP contribution in [0.15, 0.2) is 0 Å². The van der Waals surface area contributed by atoms with Crippen molar-refractivity contribution in [1.29, 1.82) is 0 Å². The lowest BCUT2D eigenvalue weighted by atomic mass is 10.1. The number of nitrogens with zero attached hydrogens (tertiary/aromatic N) is 1. The topological polar surface area (TPSA) is 57.2 Å². The van der Waals surface area contributed by atoms with E-state index in [1.807, 2.05) is 0 Å². The molecule has 4 nitrogen and oxygen atoms in total. The largest absolute Gasteiger partial charge is 0.748 e. The summed E-state index contributed by atoms with van der Waals surface area (Å²) in [6.07, 6.45) is 17.0. The Morgan fingerprint density at radius 3 is 1.14 bits per heavy atom. The van der Waals surface area contributed by atoms with E-state index in [0.717, 1.165) is 19.3 Å². The van der Waals surface area contributed by atoms with Crippen LogP contribution in [-0.4, -0.2) is 49.4 Å². The van der Waals surface area contributed by atoms with Crippen LogP contribution in [-0.2, 0) is 10.1 Å². The first kappa shape index (κ1) is 31.1. The molecule has 0 saturated heterocycles. The van der Waals surface area contributed by atoms with Crippen molar-refractivity contribution in [3.63, 3.8) is 0 Å². The molecule has 0 aliphatic heterocycles. The number of rotatable bonds is 19. The van der Waals surface area contributed by atoms with Crippen LogP contribution < -0.4 is 0 Å². The molecule has 0 aromatic heterocycles. The molecule has 0 aromatic carbocycles. The minimum absolute atomic E-state index is 0.195. The zero-order chi connectivity index (χ0) is 22.4. The van der Waals surface area contributed by atoms with Crippen molar-refractivity contribution in [3.05, 3.63) is 0 Å². The van der Waals surface area contributed by atoms with Crippen LogP contribution in [0.2, 0.25) is 0 Å². The number of hydrogen-bond acceptors (Lipinski definition) is 3. The predicted octanol–water partition coefficient (Wildman–Crippen LogP) is 6.90. The molecule has 0 bridgehead atoms. The highest BCUT2D eigenvalue weighted by Crippen LogP contribution is 2.16. The quantitative estimate of drug-likeness (QED) is 0.126. The summed E-state index contributed by atoms with van der Waals surface area (Å²) >= 11 is 0. The summed E-state index contributed by atoms with van der Waals surface area (Å²) in [4.78, 5) is 0. The van der Waals surface area contributed by atoms with Gasteiger partial charge in [-0.05, 0) is 32.1 Å². The van der Waals surface area contributed by atoms with Crippen molar-refractivity contribution in [3.8, 4) is 0 Å². The zero-order valence-corrected chi connectivity index (χ0v) is 21.3. The van der Waals surface area contributed by atoms with Gasteiger partial charge in [-0.15, -0.1) is 0 Å². The Hall–Kier alpha value is -0.130. The molecule has 0 saturated carbocycles. The van der Waals surface area contributed by atoms with E-state index < -0.39 is 10.1 Å². The fourth-order valence-electron chi connectivity index (χ4n) is 3.70. The SMILES string of the molecule is CCCCCCCCS(=O)(=O)[O-].CCCC[N+](CCCC)(CCCC)CCCC. The molecule has 29 heavy (non-hydrogen) atoms. The maximum atomic E-state index is 10.2. The second-order valence-electron chi connectivity index (χ2n) is 8.68. The van der Waals surface area contributed by atoms with Crippen molar-refractivity contribution in [1.82, 2.24) is 0 Å². The van der Waals surface area contributed by atoms with Crippen molar-refractivity contribution in [2.75, 3.05) is 31.9 Å². The lowest BCUT2D eigenvalue weighted by molar-refractivity contribution is -0.929. The number of unbranched alkanes of at least 4 members (excludes halogenated alkanes) is 9. The van der Waals surface area contributed by atoms with Gasteiger partial charge in [0.05, 0.1) is 36.3 Å². The van der Waals surface area contributed by atoms with E-state index in [4.69, 9.17) is 0 Å². The van der Waals surface area contributed by atoms with Crippen LogP contribution in [0, 0.1) is 0 Å². The second kappa shape index (κ2) is 21.1. The summed E-state index contributed by atoms with van der Waals surface area (Å²) in [5, 5.41) is 0. The predicted molar refractivity (Wildman–Crippen MR) is 127 cm³/mol. The van der Waals surface area contributed by atoms with E-state index in [-0.39, 0.29) is 5.75 Å². The van der Waals surface area contributed by atoms with E-state index in [9.17, 15) is 13.0 Å². The molecule has 0 heterocycles. The van der Waals surface area contributed by atoms with Crippen LogP contribution in [0.5, 0.6) is 0 Å². The standard InChI is InChI=1S/C16H36N.C8H18O3S/c1-5-9-13-17(14-10-6-2,15-11-7-3)16-12-8-4;1-2-3-4-5-6-7-8-12(9,10)11/h5-16H2,1-4H3;2-8H2,1H3,(H,9,10,11)/q+1;/p-1. The summed E-state index contributed by atoms with van der Waals surface area (Å²) < 4.78 is 31.9. The first-order valence-corrected chi connectivity index (χ1v) is 14.2. The third-order valence-corrected chi connectivity index (χ3v) is 6.48. The van der Waals surface area contributed by atoms with Gasteiger partial charge in [0, 0.05) is 5.75 Å². The van der Waals surface area contributed by atoms with Gasteiger partial charge in [-0.1, -0.05) is 92.4 Å². The van der Waals surface area contributed by atoms with E-state index in [2.05, 4.69) is 34.6 Å². The first-order chi connectivity index (χ1) is 13.8. The van der Waals surface area contributed by atoms with Gasteiger partial charge >= 0.3 is 0 Å². The van der Waals surface area contributed by atoms with E-state index >= 15 is 0 Å². The summed E-state index contributed by atoms with van der Waals surface area (Å²) in [6.45, 7) is 17.1. The molecule has 0 atom stereocenters. The number of quaternary nitrogens is 1. The van der Waals surface area contributed by atoms with Crippen LogP contribution in [0.4, 0.5) is 0 Å². The molecule has 0 spiro atoms. The molecule has 0 unspecified atom stereocenters. The molecule has 5 heteroatoms. The highest BCUT2D eigenvalue weighted by Gasteiger charge is 2.24. The van der Waals surface area contributed by atoms with Gasteiger partial charge in [-0.25, -0.2) is 8.42 Å². The second-order valence-corrected chi connectivity index (χ2v) is 10.2. The highest BCUT2D eigenvalue weighted by atomic mass is 32.2. The summed E-state index contributed by atoms with van der Waals surface area (Å²) in [5.74, 6) is -0.195. The average molecular weight is 436 g/mol. The van der Waals surface area contributed by atoms with Crippen molar-refractivity contribution >= 4 is 10.1 Å². The Morgan fingerprint density at radius 2 is 0.828 bits per heavy atom. The Bertz CT molecular complexity index is 386. The molecule has 0 amide bonds. The third-order valence-electron chi connectivity index (χ3n) is 5.69. The van der Waals surface area contributed by atoms with Crippen LogP contribution in [0.3, 0.4) is 0 Å². The fourth-order valence-corrected chi connectivity index (χ4v) is 4.26. The third kappa shape index (κ3) is 22.4. The Morgan fingerprint density at radius 1 is 0.517 bits per heavy atom. The Labute approximate surface area is 184 Å².